The van der Waals surface area contributed by atoms with Crippen LogP contribution in [0.5, 0.6) is 0 Å². The molecule has 6 nitrogen and oxygen atoms in total. The first-order valence-electron chi connectivity index (χ1n) is 10.8. The Bertz CT molecular complexity index is 1390. The maximum Gasteiger partial charge on any atom is 0.243 e. The molecule has 2 aromatic carbocycles. The van der Waals surface area contributed by atoms with Crippen molar-refractivity contribution in [2.24, 2.45) is 5.41 Å². The molecule has 0 amide bonds. The van der Waals surface area contributed by atoms with E-state index in [4.69, 9.17) is 0 Å². The number of rotatable bonds is 4. The lowest BCUT2D eigenvalue weighted by Gasteiger charge is -2.44. The fourth-order valence-electron chi connectivity index (χ4n) is 4.90. The second kappa shape index (κ2) is 7.74. The summed E-state index contributed by atoms with van der Waals surface area (Å²) in [6.45, 7) is 3.79. The largest absolute Gasteiger partial charge is 0.299 e. The molecule has 1 aliphatic heterocycles. The van der Waals surface area contributed by atoms with E-state index in [1.54, 1.807) is 41.2 Å². The molecule has 33 heavy (non-hydrogen) atoms. The number of hydrogen-bond acceptors (Lipinski definition) is 4. The van der Waals surface area contributed by atoms with Crippen LogP contribution in [-0.4, -0.2) is 41.4 Å². The summed E-state index contributed by atoms with van der Waals surface area (Å²) >= 11 is 0. The average molecular weight is 466 g/mol. The lowest BCUT2D eigenvalue weighted by atomic mass is 9.66. The Balaban J connectivity index is 1.53. The maximum atomic E-state index is 13.4. The Morgan fingerprint density at radius 3 is 2.61 bits per heavy atom. The van der Waals surface area contributed by atoms with Gasteiger partial charge in [0.25, 0.3) is 0 Å². The van der Waals surface area contributed by atoms with Crippen molar-refractivity contribution >= 4 is 21.9 Å². The molecule has 1 saturated heterocycles. The van der Waals surface area contributed by atoms with Gasteiger partial charge in [0, 0.05) is 13.1 Å². The number of nitrogens with zero attached hydrogens (tertiary/aromatic N) is 3. The summed E-state index contributed by atoms with van der Waals surface area (Å²) in [5, 5.41) is 4.48. The zero-order chi connectivity index (χ0) is 23.4. The molecule has 1 aromatic heterocycles. The van der Waals surface area contributed by atoms with Crippen LogP contribution in [0.3, 0.4) is 0 Å². The van der Waals surface area contributed by atoms with Crippen molar-refractivity contribution in [1.82, 2.24) is 14.1 Å². The molecule has 1 atom stereocenters. The van der Waals surface area contributed by atoms with E-state index in [9.17, 15) is 17.6 Å². The second-order valence-electron chi connectivity index (χ2n) is 8.83. The molecule has 3 aromatic rings. The fraction of sp³-hybridized carbons (Fsp3) is 0.280. The van der Waals surface area contributed by atoms with Gasteiger partial charge in [0.15, 0.2) is 0 Å². The minimum atomic E-state index is -3.73. The number of hydrogen-bond donors (Lipinski definition) is 0. The SMILES string of the molecule is CC(=O)[C@]12Cc3cnn(-c4ccc(F)cc4)c3C=C1CCN(S(=O)(=O)c1cccc(C)c1)C2. The third-order valence-corrected chi connectivity index (χ3v) is 8.59. The van der Waals surface area contributed by atoms with E-state index in [2.05, 4.69) is 5.10 Å². The van der Waals surface area contributed by atoms with Crippen LogP contribution in [0.25, 0.3) is 11.8 Å². The number of aryl methyl sites for hydroxylation is 1. The van der Waals surface area contributed by atoms with Crippen molar-refractivity contribution in [3.05, 3.63) is 82.9 Å². The van der Waals surface area contributed by atoms with Crippen molar-refractivity contribution in [3.63, 3.8) is 0 Å². The fourth-order valence-corrected chi connectivity index (χ4v) is 6.50. The second-order valence-corrected chi connectivity index (χ2v) is 10.8. The number of sulfonamides is 1. The topological polar surface area (TPSA) is 72.3 Å². The Kier molecular flexibility index (Phi) is 5.10. The molecule has 0 spiro atoms. The number of aromatic nitrogens is 2. The Hall–Kier alpha value is -3.10. The number of halogens is 1. The van der Waals surface area contributed by atoms with Crippen LogP contribution in [-0.2, 0) is 21.2 Å². The normalized spacial score (nSPS) is 20.6. The van der Waals surface area contributed by atoms with E-state index in [-0.39, 0.29) is 23.0 Å². The standard InChI is InChI=1S/C25H24FN3O3S/c1-17-4-3-5-23(12-17)33(31,32)28-11-10-20-13-24-19(14-25(20,16-28)18(2)30)15-27-29(24)22-8-6-21(26)7-9-22/h3-9,12-13,15H,10-11,14,16H2,1-2H3/t25-/m1/s1. The van der Waals surface area contributed by atoms with E-state index >= 15 is 0 Å². The lowest BCUT2D eigenvalue weighted by Crippen LogP contribution is -2.52. The van der Waals surface area contributed by atoms with Gasteiger partial charge in [-0.2, -0.15) is 9.40 Å². The summed E-state index contributed by atoms with van der Waals surface area (Å²) in [6.07, 6.45) is 4.51. The highest BCUT2D eigenvalue weighted by atomic mass is 32.2. The van der Waals surface area contributed by atoms with Gasteiger partial charge in [0.2, 0.25) is 10.0 Å². The zero-order valence-electron chi connectivity index (χ0n) is 18.5. The number of Topliss-reactive ketones (excluding diaryl/α,β-unsaturated/α-hetero) is 1. The molecule has 1 aliphatic carbocycles. The van der Waals surface area contributed by atoms with Gasteiger partial charge in [-0.15, -0.1) is 0 Å². The first kappa shape index (κ1) is 21.7. The van der Waals surface area contributed by atoms with Gasteiger partial charge in [-0.3, -0.25) is 4.79 Å². The van der Waals surface area contributed by atoms with Crippen molar-refractivity contribution in [3.8, 4) is 5.69 Å². The van der Waals surface area contributed by atoms with E-state index in [1.165, 1.54) is 23.4 Å². The van der Waals surface area contributed by atoms with E-state index in [1.807, 2.05) is 19.1 Å². The molecule has 2 aliphatic rings. The molecule has 0 saturated carbocycles. The zero-order valence-corrected chi connectivity index (χ0v) is 19.3. The highest BCUT2D eigenvalue weighted by Gasteiger charge is 2.49. The van der Waals surface area contributed by atoms with Crippen LogP contribution in [0.2, 0.25) is 0 Å². The Morgan fingerprint density at radius 2 is 1.91 bits per heavy atom. The van der Waals surface area contributed by atoms with Crippen LogP contribution in [0.15, 0.2) is 65.2 Å². The quantitative estimate of drug-likeness (QED) is 0.585. The number of fused-ring (bicyclic) bond motifs is 2. The number of carbonyl (C=O) groups excluding carboxylic acids is 1. The van der Waals surface area contributed by atoms with Crippen molar-refractivity contribution < 1.29 is 17.6 Å². The van der Waals surface area contributed by atoms with Gasteiger partial charge < -0.3 is 0 Å². The monoisotopic (exact) mass is 465 g/mol. The summed E-state index contributed by atoms with van der Waals surface area (Å²) in [7, 11) is -3.73. The predicted octanol–water partition coefficient (Wildman–Crippen LogP) is 3.93. The highest BCUT2D eigenvalue weighted by molar-refractivity contribution is 7.89. The van der Waals surface area contributed by atoms with E-state index in [0.717, 1.165) is 28.1 Å². The Labute approximate surface area is 192 Å². The van der Waals surface area contributed by atoms with E-state index < -0.39 is 15.4 Å². The molecular formula is C25H24FN3O3S. The van der Waals surface area contributed by atoms with Gasteiger partial charge >= 0.3 is 0 Å². The molecule has 1 fully saturated rings. The third kappa shape index (κ3) is 3.54. The summed E-state index contributed by atoms with van der Waals surface area (Å²) in [5.41, 5.74) is 3.31. The molecule has 0 N–H and O–H groups in total. The number of benzene rings is 2. The molecular weight excluding hydrogens is 441 g/mol. The minimum Gasteiger partial charge on any atom is -0.299 e. The van der Waals surface area contributed by atoms with Gasteiger partial charge in [-0.1, -0.05) is 17.7 Å². The highest BCUT2D eigenvalue weighted by Crippen LogP contribution is 2.46. The molecule has 0 unspecified atom stereocenters. The van der Waals surface area contributed by atoms with Crippen LogP contribution in [0.1, 0.15) is 30.2 Å². The molecule has 2 heterocycles. The lowest BCUT2D eigenvalue weighted by molar-refractivity contribution is -0.125. The predicted molar refractivity (Wildman–Crippen MR) is 123 cm³/mol. The van der Waals surface area contributed by atoms with Crippen molar-refractivity contribution in [1.29, 1.82) is 0 Å². The van der Waals surface area contributed by atoms with Gasteiger partial charge in [0.05, 0.1) is 27.9 Å². The molecule has 170 valence electrons. The molecule has 0 radical (unpaired) electrons. The average Bonchev–Trinajstić information content (AvgIpc) is 3.19. The van der Waals surface area contributed by atoms with Gasteiger partial charge in [-0.25, -0.2) is 17.5 Å². The third-order valence-electron chi connectivity index (χ3n) is 6.75. The summed E-state index contributed by atoms with van der Waals surface area (Å²) < 4.78 is 43.3. The summed E-state index contributed by atoms with van der Waals surface area (Å²) in [6, 6.07) is 12.9. The molecule has 8 heteroatoms. The summed E-state index contributed by atoms with van der Waals surface area (Å²) in [5.74, 6) is -0.381. The molecule has 0 bridgehead atoms. The van der Waals surface area contributed by atoms with Crippen LogP contribution in [0.4, 0.5) is 4.39 Å². The summed E-state index contributed by atoms with van der Waals surface area (Å²) in [4.78, 5) is 13.3. The number of ketones is 1. The number of piperidine rings is 1. The smallest absolute Gasteiger partial charge is 0.243 e. The number of carbonyl (C=O) groups is 1. The maximum absolute atomic E-state index is 13.4. The van der Waals surface area contributed by atoms with Crippen LogP contribution < -0.4 is 0 Å². The molecule has 5 rings (SSSR count). The van der Waals surface area contributed by atoms with Crippen molar-refractivity contribution in [2.75, 3.05) is 13.1 Å². The minimum absolute atomic E-state index is 0.0573. The first-order chi connectivity index (χ1) is 15.7. The van der Waals surface area contributed by atoms with Gasteiger partial charge in [-0.05, 0) is 80.3 Å². The first-order valence-corrected chi connectivity index (χ1v) is 12.3. The van der Waals surface area contributed by atoms with Gasteiger partial charge in [0.1, 0.15) is 11.6 Å². The van der Waals surface area contributed by atoms with E-state index in [0.29, 0.717) is 19.4 Å². The van der Waals surface area contributed by atoms with Crippen LogP contribution in [0, 0.1) is 18.2 Å². The Morgan fingerprint density at radius 1 is 1.15 bits per heavy atom. The van der Waals surface area contributed by atoms with Crippen molar-refractivity contribution in [2.45, 2.75) is 31.6 Å². The van der Waals surface area contributed by atoms with Crippen LogP contribution >= 0.6 is 0 Å².